The summed E-state index contributed by atoms with van der Waals surface area (Å²) in [5.74, 6) is -0.00257. The fraction of sp³-hybridized carbons (Fsp3) is 0.379. The number of Topliss-reactive ketones (excluding diaryl/α,β-unsaturated/α-hetero) is 1. The molecule has 1 saturated heterocycles. The van der Waals surface area contributed by atoms with Gasteiger partial charge in [-0.2, -0.15) is 0 Å². The molecular weight excluding hydrogens is 470 g/mol. The van der Waals surface area contributed by atoms with Crippen LogP contribution in [0.2, 0.25) is 0 Å². The quantitative estimate of drug-likeness (QED) is 0.447. The second-order valence-electron chi connectivity index (χ2n) is 9.38. The van der Waals surface area contributed by atoms with E-state index in [-0.39, 0.29) is 30.4 Å². The largest absolute Gasteiger partial charge is 0.356 e. The lowest BCUT2D eigenvalue weighted by Crippen LogP contribution is -2.48. The molecule has 1 aromatic heterocycles. The highest BCUT2D eigenvalue weighted by Crippen LogP contribution is 2.36. The number of carbonyl (C=O) groups is 3. The minimum Gasteiger partial charge on any atom is -0.356 e. The molecule has 2 aromatic carbocycles. The maximum absolute atomic E-state index is 12.7. The number of hydrogen-bond acceptors (Lipinski definition) is 5. The monoisotopic (exact) mass is 503 g/mol. The number of thiazole rings is 1. The number of likely N-dealkylation sites (tertiary alicyclic amines) is 1. The smallest absolute Gasteiger partial charge is 0.223 e. The lowest BCUT2D eigenvalue weighted by molar-refractivity contribution is -0.137. The van der Waals surface area contributed by atoms with Gasteiger partial charge in [0.25, 0.3) is 0 Å². The second-order valence-corrected chi connectivity index (χ2v) is 10.3. The first-order chi connectivity index (χ1) is 17.5. The molecule has 1 aliphatic heterocycles. The predicted molar refractivity (Wildman–Crippen MR) is 142 cm³/mol. The van der Waals surface area contributed by atoms with Crippen molar-refractivity contribution in [2.24, 2.45) is 0 Å². The van der Waals surface area contributed by atoms with Gasteiger partial charge in [0.05, 0.1) is 16.1 Å². The molecular formula is C29H33N3O3S. The van der Waals surface area contributed by atoms with E-state index in [0.29, 0.717) is 38.9 Å². The number of piperidine rings is 1. The summed E-state index contributed by atoms with van der Waals surface area (Å²) in [6.07, 6.45) is 3.07. The number of hydrogen-bond donors (Lipinski definition) is 1. The van der Waals surface area contributed by atoms with Crippen molar-refractivity contribution in [3.8, 4) is 0 Å². The maximum Gasteiger partial charge on any atom is 0.223 e. The number of rotatable bonds is 10. The minimum atomic E-state index is -0.522. The van der Waals surface area contributed by atoms with Crippen molar-refractivity contribution in [3.05, 3.63) is 87.9 Å². The standard InChI is InChI=1S/C29H33N3O3S/c1-22(33)29(24-10-6-3-7-11-24)15-18-32(19-16-29)28(35)13-12-26(34)30-17-14-27-31-25(21-36-27)20-23-8-4-2-5-9-23/h2-11,21H,12-20H2,1H3,(H,30,34). The topological polar surface area (TPSA) is 79.4 Å². The third kappa shape index (κ3) is 6.46. The van der Waals surface area contributed by atoms with Crippen LogP contribution in [-0.4, -0.2) is 47.1 Å². The number of benzene rings is 2. The third-order valence-electron chi connectivity index (χ3n) is 7.02. The Bertz CT molecular complexity index is 1170. The van der Waals surface area contributed by atoms with Crippen LogP contribution >= 0.6 is 11.3 Å². The third-order valence-corrected chi connectivity index (χ3v) is 7.98. The Morgan fingerprint density at radius 1 is 0.972 bits per heavy atom. The Kier molecular flexibility index (Phi) is 8.65. The van der Waals surface area contributed by atoms with E-state index in [4.69, 9.17) is 0 Å². The summed E-state index contributed by atoms with van der Waals surface area (Å²) in [4.78, 5) is 44.0. The van der Waals surface area contributed by atoms with Crippen molar-refractivity contribution >= 4 is 28.9 Å². The van der Waals surface area contributed by atoms with E-state index in [0.717, 1.165) is 22.7 Å². The lowest BCUT2D eigenvalue weighted by atomic mass is 9.70. The van der Waals surface area contributed by atoms with E-state index in [1.807, 2.05) is 48.5 Å². The van der Waals surface area contributed by atoms with Crippen LogP contribution in [-0.2, 0) is 32.6 Å². The summed E-state index contributed by atoms with van der Waals surface area (Å²) in [5, 5.41) is 5.98. The molecule has 6 nitrogen and oxygen atoms in total. The number of ketones is 1. The van der Waals surface area contributed by atoms with Gasteiger partial charge in [0.2, 0.25) is 11.8 Å². The second kappa shape index (κ2) is 12.1. The highest BCUT2D eigenvalue weighted by Gasteiger charge is 2.41. The Hall–Kier alpha value is -3.32. The average Bonchev–Trinajstić information content (AvgIpc) is 3.35. The van der Waals surface area contributed by atoms with Crippen LogP contribution in [0.3, 0.4) is 0 Å². The van der Waals surface area contributed by atoms with Crippen molar-refractivity contribution in [2.45, 2.75) is 50.9 Å². The molecule has 0 unspecified atom stereocenters. The van der Waals surface area contributed by atoms with Gasteiger partial charge >= 0.3 is 0 Å². The molecule has 1 fully saturated rings. The van der Waals surface area contributed by atoms with Gasteiger partial charge in [0, 0.05) is 50.7 Å². The highest BCUT2D eigenvalue weighted by atomic mass is 32.1. The van der Waals surface area contributed by atoms with Crippen LogP contribution in [0.1, 0.15) is 54.4 Å². The van der Waals surface area contributed by atoms with Crippen molar-refractivity contribution in [1.29, 1.82) is 0 Å². The van der Waals surface area contributed by atoms with Gasteiger partial charge in [-0.1, -0.05) is 60.7 Å². The number of nitrogens with one attached hydrogen (secondary N) is 1. The van der Waals surface area contributed by atoms with Crippen LogP contribution in [0.5, 0.6) is 0 Å². The van der Waals surface area contributed by atoms with Gasteiger partial charge in [0.1, 0.15) is 5.78 Å². The Balaban J connectivity index is 1.17. The minimum absolute atomic E-state index is 0.0270. The van der Waals surface area contributed by atoms with Gasteiger partial charge in [-0.15, -0.1) is 11.3 Å². The zero-order chi connectivity index (χ0) is 25.4. The molecule has 2 heterocycles. The Labute approximate surface area is 216 Å². The SMILES string of the molecule is CC(=O)C1(c2ccccc2)CCN(C(=O)CCC(=O)NCCc2nc(Cc3ccccc3)cs2)CC1. The van der Waals surface area contributed by atoms with Crippen LogP contribution < -0.4 is 5.32 Å². The summed E-state index contributed by atoms with van der Waals surface area (Å²) in [7, 11) is 0. The summed E-state index contributed by atoms with van der Waals surface area (Å²) >= 11 is 1.61. The predicted octanol–water partition coefficient (Wildman–Crippen LogP) is 4.32. The molecule has 1 aliphatic rings. The number of carbonyl (C=O) groups excluding carboxylic acids is 3. The van der Waals surface area contributed by atoms with Crippen LogP contribution in [0.15, 0.2) is 66.0 Å². The molecule has 7 heteroatoms. The molecule has 3 aromatic rings. The molecule has 188 valence electrons. The zero-order valence-electron chi connectivity index (χ0n) is 20.7. The Morgan fingerprint density at radius 3 is 2.31 bits per heavy atom. The maximum atomic E-state index is 12.7. The summed E-state index contributed by atoms with van der Waals surface area (Å²) in [6, 6.07) is 20.1. The van der Waals surface area contributed by atoms with Gasteiger partial charge in [-0.25, -0.2) is 4.98 Å². The van der Waals surface area contributed by atoms with Crippen LogP contribution in [0.25, 0.3) is 0 Å². The van der Waals surface area contributed by atoms with E-state index in [1.165, 1.54) is 5.56 Å². The fourth-order valence-corrected chi connectivity index (χ4v) is 5.66. The van der Waals surface area contributed by atoms with E-state index in [9.17, 15) is 14.4 Å². The van der Waals surface area contributed by atoms with E-state index in [1.54, 1.807) is 23.2 Å². The van der Waals surface area contributed by atoms with Crippen LogP contribution in [0, 0.1) is 0 Å². The number of amides is 2. The summed E-state index contributed by atoms with van der Waals surface area (Å²) in [5.41, 5.74) is 2.77. The lowest BCUT2D eigenvalue weighted by Gasteiger charge is -2.40. The zero-order valence-corrected chi connectivity index (χ0v) is 21.6. The van der Waals surface area contributed by atoms with Gasteiger partial charge < -0.3 is 10.2 Å². The average molecular weight is 504 g/mol. The van der Waals surface area contributed by atoms with E-state index >= 15 is 0 Å². The number of nitrogens with zero attached hydrogens (tertiary/aromatic N) is 2. The number of aromatic nitrogens is 1. The molecule has 0 aliphatic carbocycles. The van der Waals surface area contributed by atoms with Gasteiger partial charge in [0.15, 0.2) is 0 Å². The normalized spacial score (nSPS) is 14.9. The fourth-order valence-electron chi connectivity index (χ4n) is 4.86. The molecule has 0 spiro atoms. The molecule has 4 rings (SSSR count). The van der Waals surface area contributed by atoms with E-state index in [2.05, 4.69) is 27.8 Å². The first-order valence-electron chi connectivity index (χ1n) is 12.5. The first kappa shape index (κ1) is 25.8. The van der Waals surface area contributed by atoms with Crippen LogP contribution in [0.4, 0.5) is 0 Å². The van der Waals surface area contributed by atoms with Gasteiger partial charge in [-0.05, 0) is 30.9 Å². The van der Waals surface area contributed by atoms with Crippen molar-refractivity contribution in [1.82, 2.24) is 15.2 Å². The van der Waals surface area contributed by atoms with E-state index < -0.39 is 5.41 Å². The van der Waals surface area contributed by atoms with Crippen molar-refractivity contribution in [3.63, 3.8) is 0 Å². The molecule has 1 N–H and O–H groups in total. The molecule has 0 bridgehead atoms. The Morgan fingerprint density at radius 2 is 1.64 bits per heavy atom. The van der Waals surface area contributed by atoms with Crippen molar-refractivity contribution < 1.29 is 14.4 Å². The molecule has 2 amide bonds. The molecule has 36 heavy (non-hydrogen) atoms. The molecule has 0 atom stereocenters. The molecule has 0 saturated carbocycles. The summed E-state index contributed by atoms with van der Waals surface area (Å²) in [6.45, 7) is 3.21. The summed E-state index contributed by atoms with van der Waals surface area (Å²) < 4.78 is 0. The molecule has 0 radical (unpaired) electrons. The van der Waals surface area contributed by atoms with Crippen molar-refractivity contribution in [2.75, 3.05) is 19.6 Å². The first-order valence-corrected chi connectivity index (χ1v) is 13.4. The highest BCUT2D eigenvalue weighted by molar-refractivity contribution is 7.09. The van der Waals surface area contributed by atoms with Gasteiger partial charge in [-0.3, -0.25) is 14.4 Å².